The van der Waals surface area contributed by atoms with Crippen molar-refractivity contribution in [2.45, 2.75) is 64.2 Å². The lowest BCUT2D eigenvalue weighted by Crippen LogP contribution is -2.39. The number of hydrogen-bond acceptors (Lipinski definition) is 6. The molecular weight excluding hydrogens is 319 g/mol. The summed E-state index contributed by atoms with van der Waals surface area (Å²) in [6.07, 6.45) is 0.734. The zero-order valence-electron chi connectivity index (χ0n) is 14.5. The predicted molar refractivity (Wildman–Crippen MR) is 82.3 cm³/mol. The van der Waals surface area contributed by atoms with Crippen molar-refractivity contribution in [3.05, 3.63) is 18.1 Å². The third kappa shape index (κ3) is 3.44. The van der Waals surface area contributed by atoms with Crippen molar-refractivity contribution in [1.29, 1.82) is 0 Å². The van der Waals surface area contributed by atoms with E-state index in [-0.39, 0.29) is 18.8 Å². The predicted octanol–water partition coefficient (Wildman–Crippen LogP) is 3.05. The Labute approximate surface area is 141 Å². The smallest absolute Gasteiger partial charge is 0.197 e. The van der Waals surface area contributed by atoms with Crippen molar-refractivity contribution in [3.63, 3.8) is 0 Å². The van der Waals surface area contributed by atoms with E-state index in [2.05, 4.69) is 13.8 Å². The van der Waals surface area contributed by atoms with Gasteiger partial charge >= 0.3 is 0 Å². The van der Waals surface area contributed by atoms with Crippen LogP contribution in [0.25, 0.3) is 0 Å². The lowest BCUT2D eigenvalue weighted by molar-refractivity contribution is -0.235. The highest BCUT2D eigenvalue weighted by atomic mass is 19.1. The lowest BCUT2D eigenvalue weighted by Gasteiger charge is -2.27. The molecule has 2 aliphatic rings. The molecule has 2 aliphatic heterocycles. The number of hydrogen-bond donors (Lipinski definition) is 0. The van der Waals surface area contributed by atoms with E-state index in [0.29, 0.717) is 17.4 Å². The minimum Gasteiger partial charge on any atom is -0.493 e. The molecule has 0 saturated carbocycles. The van der Waals surface area contributed by atoms with Crippen LogP contribution in [0.15, 0.2) is 16.7 Å². The maximum Gasteiger partial charge on any atom is 0.197 e. The average Bonchev–Trinajstić information content (AvgIpc) is 3.18. The summed E-state index contributed by atoms with van der Waals surface area (Å²) < 4.78 is 47.1. The Balaban J connectivity index is 1.70. The van der Waals surface area contributed by atoms with Crippen molar-refractivity contribution in [3.8, 4) is 5.75 Å². The van der Waals surface area contributed by atoms with Gasteiger partial charge in [-0.1, -0.05) is 13.8 Å². The second-order valence-corrected chi connectivity index (χ2v) is 6.83. The maximum atomic E-state index is 13.2. The maximum absolute atomic E-state index is 13.2. The third-order valence-corrected chi connectivity index (χ3v) is 4.30. The molecule has 136 valence electrons. The highest BCUT2D eigenvalue weighted by molar-refractivity contribution is 5.23. The molecule has 2 fully saturated rings. The van der Waals surface area contributed by atoms with Gasteiger partial charge in [0.25, 0.3) is 0 Å². The first-order valence-corrected chi connectivity index (χ1v) is 8.25. The SMILES string of the molecule is COc1ccoc1CO[C@@H]1[C@H]2OC(C)(CF)O[C@H]2O[C@@H]1CC(C)C. The largest absolute Gasteiger partial charge is 0.493 e. The van der Waals surface area contributed by atoms with Crippen LogP contribution in [0.2, 0.25) is 0 Å². The topological polar surface area (TPSA) is 59.3 Å². The highest BCUT2D eigenvalue weighted by Gasteiger charge is 2.56. The van der Waals surface area contributed by atoms with E-state index < -0.39 is 24.9 Å². The zero-order chi connectivity index (χ0) is 17.3. The number of fused-ring (bicyclic) bond motifs is 1. The molecule has 1 aromatic rings. The molecule has 0 radical (unpaired) electrons. The molecule has 0 spiro atoms. The van der Waals surface area contributed by atoms with Gasteiger partial charge in [0.05, 0.1) is 19.5 Å². The van der Waals surface area contributed by atoms with Crippen molar-refractivity contribution < 1.29 is 32.5 Å². The highest BCUT2D eigenvalue weighted by Crippen LogP contribution is 2.41. The van der Waals surface area contributed by atoms with E-state index in [1.165, 1.54) is 0 Å². The zero-order valence-corrected chi connectivity index (χ0v) is 14.5. The van der Waals surface area contributed by atoms with Crippen LogP contribution in [-0.2, 0) is 25.6 Å². The fourth-order valence-electron chi connectivity index (χ4n) is 3.18. The average molecular weight is 344 g/mol. The number of ether oxygens (including phenoxy) is 5. The monoisotopic (exact) mass is 344 g/mol. The first-order valence-electron chi connectivity index (χ1n) is 8.25. The summed E-state index contributed by atoms with van der Waals surface area (Å²) >= 11 is 0. The van der Waals surface area contributed by atoms with Crippen molar-refractivity contribution >= 4 is 0 Å². The van der Waals surface area contributed by atoms with Gasteiger partial charge in [-0.25, -0.2) is 4.39 Å². The Morgan fingerprint density at radius 3 is 2.79 bits per heavy atom. The van der Waals surface area contributed by atoms with Crippen LogP contribution in [0, 0.1) is 5.92 Å². The normalized spacial score (nSPS) is 35.6. The van der Waals surface area contributed by atoms with E-state index >= 15 is 0 Å². The third-order valence-electron chi connectivity index (χ3n) is 4.30. The quantitative estimate of drug-likeness (QED) is 0.758. The Kier molecular flexibility index (Phi) is 5.15. The number of rotatable bonds is 7. The molecule has 0 bridgehead atoms. The van der Waals surface area contributed by atoms with Gasteiger partial charge in [-0.05, 0) is 19.3 Å². The summed E-state index contributed by atoms with van der Waals surface area (Å²) in [6.45, 7) is 5.27. The van der Waals surface area contributed by atoms with Gasteiger partial charge in [-0.15, -0.1) is 0 Å². The summed E-state index contributed by atoms with van der Waals surface area (Å²) in [7, 11) is 1.57. The standard InChI is InChI=1S/C17H25FO6/c1-10(2)7-12-14(21-8-13-11(19-4)5-6-20-13)15-16(22-12)24-17(3,9-18)23-15/h5-6,10,12,14-16H,7-9H2,1-4H3/t12-,14+,15-,16-,17?/m1/s1. The molecular formula is C17H25FO6. The van der Waals surface area contributed by atoms with Gasteiger partial charge < -0.3 is 28.1 Å². The Bertz CT molecular complexity index is 547. The first-order chi connectivity index (χ1) is 11.5. The van der Waals surface area contributed by atoms with Gasteiger partial charge in [-0.3, -0.25) is 0 Å². The van der Waals surface area contributed by atoms with Crippen LogP contribution in [0.3, 0.4) is 0 Å². The fraction of sp³-hybridized carbons (Fsp3) is 0.765. The number of halogens is 1. The molecule has 5 atom stereocenters. The number of furan rings is 1. The lowest BCUT2D eigenvalue weighted by atomic mass is 10.0. The molecule has 3 heterocycles. The van der Waals surface area contributed by atoms with Crippen LogP contribution in [0.4, 0.5) is 4.39 Å². The number of alkyl halides is 1. The number of methoxy groups -OCH3 is 1. The van der Waals surface area contributed by atoms with Crippen molar-refractivity contribution in [2.75, 3.05) is 13.8 Å². The molecule has 0 aromatic carbocycles. The van der Waals surface area contributed by atoms with E-state index in [4.69, 9.17) is 28.1 Å². The van der Waals surface area contributed by atoms with Gasteiger partial charge in [0.1, 0.15) is 25.5 Å². The van der Waals surface area contributed by atoms with Crippen LogP contribution in [-0.4, -0.2) is 44.2 Å². The van der Waals surface area contributed by atoms with Crippen LogP contribution in [0.1, 0.15) is 33.0 Å². The fourth-order valence-corrected chi connectivity index (χ4v) is 3.18. The van der Waals surface area contributed by atoms with Crippen molar-refractivity contribution in [2.24, 2.45) is 5.92 Å². The molecule has 6 nitrogen and oxygen atoms in total. The van der Waals surface area contributed by atoms with E-state index in [1.54, 1.807) is 26.4 Å². The molecule has 3 rings (SSSR count). The molecule has 0 amide bonds. The van der Waals surface area contributed by atoms with E-state index in [9.17, 15) is 4.39 Å². The first kappa shape index (κ1) is 17.7. The van der Waals surface area contributed by atoms with Crippen molar-refractivity contribution in [1.82, 2.24) is 0 Å². The van der Waals surface area contributed by atoms with Gasteiger partial charge in [0.15, 0.2) is 23.6 Å². The molecule has 2 saturated heterocycles. The van der Waals surface area contributed by atoms with E-state index in [0.717, 1.165) is 6.42 Å². The second kappa shape index (κ2) is 7.00. The summed E-state index contributed by atoms with van der Waals surface area (Å²) in [5.74, 6) is 0.368. The van der Waals surface area contributed by atoms with Crippen LogP contribution in [0.5, 0.6) is 5.75 Å². The molecule has 7 heteroatoms. The second-order valence-electron chi connectivity index (χ2n) is 6.83. The molecule has 1 aromatic heterocycles. The Morgan fingerprint density at radius 1 is 1.33 bits per heavy atom. The summed E-state index contributed by atoms with van der Waals surface area (Å²) in [5, 5.41) is 0. The van der Waals surface area contributed by atoms with Gasteiger partial charge in [0, 0.05) is 6.07 Å². The minimum absolute atomic E-state index is 0.176. The molecule has 1 unspecified atom stereocenters. The summed E-state index contributed by atoms with van der Waals surface area (Å²) in [5.41, 5.74) is 0. The molecule has 0 N–H and O–H groups in total. The molecule has 0 aliphatic carbocycles. The summed E-state index contributed by atoms with van der Waals surface area (Å²) in [4.78, 5) is 0. The molecule has 24 heavy (non-hydrogen) atoms. The van der Waals surface area contributed by atoms with Crippen LogP contribution < -0.4 is 4.74 Å². The van der Waals surface area contributed by atoms with Gasteiger partial charge in [-0.2, -0.15) is 0 Å². The Hall–Kier alpha value is -1.15. The van der Waals surface area contributed by atoms with E-state index in [1.807, 2.05) is 0 Å². The van der Waals surface area contributed by atoms with Crippen LogP contribution >= 0.6 is 0 Å². The summed E-state index contributed by atoms with van der Waals surface area (Å²) in [6, 6.07) is 1.73. The van der Waals surface area contributed by atoms with Gasteiger partial charge in [0.2, 0.25) is 0 Å². The Morgan fingerprint density at radius 2 is 2.12 bits per heavy atom. The minimum atomic E-state index is -1.28.